The molecule has 0 aliphatic heterocycles. The van der Waals surface area contributed by atoms with Gasteiger partial charge in [0.1, 0.15) is 5.94 Å². The molecular weight excluding hydrogens is 198 g/mol. The number of nitrogens with one attached hydrogen (secondary N) is 1. The normalized spacial score (nSPS) is 16.5. The van der Waals surface area contributed by atoms with Crippen LogP contribution in [0.25, 0.3) is 6.08 Å². The van der Waals surface area contributed by atoms with Crippen LogP contribution in [-0.4, -0.2) is 12.0 Å². The lowest BCUT2D eigenvalue weighted by atomic mass is 9.95. The van der Waals surface area contributed by atoms with Crippen molar-refractivity contribution in [3.8, 4) is 0 Å². The number of para-hydroxylation sites is 1. The molecule has 1 N–H and O–H groups in total. The van der Waals surface area contributed by atoms with Crippen LogP contribution in [0.4, 0.5) is 5.69 Å². The van der Waals surface area contributed by atoms with Crippen molar-refractivity contribution in [1.82, 2.24) is 0 Å². The van der Waals surface area contributed by atoms with Crippen molar-refractivity contribution in [2.75, 3.05) is 5.32 Å². The largest absolute Gasteiger partial charge is 0.382 e. The number of anilines is 1. The molecule has 0 radical (unpaired) electrons. The smallest absolute Gasteiger partial charge is 0.125 e. The van der Waals surface area contributed by atoms with Crippen LogP contribution < -0.4 is 5.32 Å². The van der Waals surface area contributed by atoms with Gasteiger partial charge in [0.2, 0.25) is 0 Å². The van der Waals surface area contributed by atoms with Gasteiger partial charge in [0.25, 0.3) is 0 Å². The van der Waals surface area contributed by atoms with Gasteiger partial charge in [-0.3, -0.25) is 0 Å². The third kappa shape index (κ3) is 2.74. The summed E-state index contributed by atoms with van der Waals surface area (Å²) in [6.07, 6.45) is 7.93. The minimum absolute atomic E-state index is 0.565. The molecule has 0 bridgehead atoms. The zero-order valence-corrected chi connectivity index (χ0v) is 9.41. The summed E-state index contributed by atoms with van der Waals surface area (Å²) < 4.78 is 0. The van der Waals surface area contributed by atoms with Gasteiger partial charge >= 0.3 is 0 Å². The van der Waals surface area contributed by atoms with Crippen molar-refractivity contribution < 1.29 is 4.79 Å². The van der Waals surface area contributed by atoms with E-state index < -0.39 is 0 Å². The fraction of sp³-hybridized carbons (Fsp3) is 0.429. The van der Waals surface area contributed by atoms with E-state index in [1.807, 2.05) is 30.2 Å². The molecule has 16 heavy (non-hydrogen) atoms. The van der Waals surface area contributed by atoms with E-state index in [0.29, 0.717) is 6.04 Å². The van der Waals surface area contributed by atoms with Crippen molar-refractivity contribution in [1.29, 1.82) is 0 Å². The van der Waals surface area contributed by atoms with Crippen LogP contribution in [-0.2, 0) is 4.79 Å². The van der Waals surface area contributed by atoms with Crippen LogP contribution in [0.2, 0.25) is 0 Å². The third-order valence-electron chi connectivity index (χ3n) is 3.14. The summed E-state index contributed by atoms with van der Waals surface area (Å²) in [5.74, 6) is 1.85. The highest BCUT2D eigenvalue weighted by Gasteiger charge is 2.13. The lowest BCUT2D eigenvalue weighted by molar-refractivity contribution is 0.462. The zero-order chi connectivity index (χ0) is 11.2. The Bertz CT molecular complexity index is 387. The quantitative estimate of drug-likeness (QED) is 0.784. The summed E-state index contributed by atoms with van der Waals surface area (Å²) in [5.41, 5.74) is 1.99. The van der Waals surface area contributed by atoms with E-state index in [-0.39, 0.29) is 0 Å². The zero-order valence-electron chi connectivity index (χ0n) is 9.41. The van der Waals surface area contributed by atoms with Crippen molar-refractivity contribution in [2.45, 2.75) is 38.1 Å². The summed E-state index contributed by atoms with van der Waals surface area (Å²) >= 11 is 0. The number of carbonyl (C=O) groups excluding carboxylic acids is 1. The number of benzene rings is 1. The van der Waals surface area contributed by atoms with Gasteiger partial charge in [-0.05, 0) is 18.9 Å². The maximum atomic E-state index is 10.4. The highest BCUT2D eigenvalue weighted by atomic mass is 16.1. The molecule has 1 saturated carbocycles. The van der Waals surface area contributed by atoms with Crippen molar-refractivity contribution in [3.63, 3.8) is 0 Å². The summed E-state index contributed by atoms with van der Waals surface area (Å²) in [6, 6.07) is 8.46. The van der Waals surface area contributed by atoms with Gasteiger partial charge in [0, 0.05) is 23.4 Å². The SMILES string of the molecule is O=C=Cc1ccccc1NC1CCCCC1. The highest BCUT2D eigenvalue weighted by Crippen LogP contribution is 2.23. The van der Waals surface area contributed by atoms with Gasteiger partial charge in [-0.2, -0.15) is 0 Å². The summed E-state index contributed by atoms with van der Waals surface area (Å²) in [7, 11) is 0. The summed E-state index contributed by atoms with van der Waals surface area (Å²) in [6.45, 7) is 0. The molecule has 0 unspecified atom stereocenters. The first-order valence-corrected chi connectivity index (χ1v) is 5.96. The number of rotatable bonds is 3. The second-order valence-electron chi connectivity index (χ2n) is 4.33. The fourth-order valence-electron chi connectivity index (χ4n) is 2.28. The van der Waals surface area contributed by atoms with Crippen LogP contribution in [0, 0.1) is 0 Å². The van der Waals surface area contributed by atoms with Crippen LogP contribution in [0.5, 0.6) is 0 Å². The first-order chi connectivity index (χ1) is 7.90. The Morgan fingerprint density at radius 3 is 2.69 bits per heavy atom. The molecule has 2 rings (SSSR count). The molecule has 2 nitrogen and oxygen atoms in total. The Morgan fingerprint density at radius 1 is 1.19 bits per heavy atom. The van der Waals surface area contributed by atoms with E-state index in [0.717, 1.165) is 11.3 Å². The molecule has 1 aliphatic rings. The van der Waals surface area contributed by atoms with Crippen molar-refractivity contribution in [2.24, 2.45) is 0 Å². The Morgan fingerprint density at radius 2 is 1.94 bits per heavy atom. The first kappa shape index (κ1) is 11.0. The van der Waals surface area contributed by atoms with E-state index >= 15 is 0 Å². The summed E-state index contributed by atoms with van der Waals surface area (Å²) in [4.78, 5) is 10.4. The predicted octanol–water partition coefficient (Wildman–Crippen LogP) is 3.28. The Balaban J connectivity index is 2.10. The molecular formula is C14H17NO. The second-order valence-corrected chi connectivity index (χ2v) is 4.33. The standard InChI is InChI=1S/C14H17NO/c16-11-10-12-6-4-5-9-14(12)15-13-7-2-1-3-8-13/h4-6,9-10,13,15H,1-3,7-8H2. The van der Waals surface area contributed by atoms with E-state index in [9.17, 15) is 4.79 Å². The molecule has 0 amide bonds. The molecule has 0 saturated heterocycles. The van der Waals surface area contributed by atoms with Crippen LogP contribution in [0.3, 0.4) is 0 Å². The molecule has 0 aromatic heterocycles. The van der Waals surface area contributed by atoms with Crippen molar-refractivity contribution in [3.05, 3.63) is 29.8 Å². The minimum atomic E-state index is 0.565. The number of hydrogen-bond acceptors (Lipinski definition) is 2. The maximum absolute atomic E-state index is 10.4. The topological polar surface area (TPSA) is 29.1 Å². The molecule has 1 aromatic rings. The van der Waals surface area contributed by atoms with E-state index in [2.05, 4.69) is 5.32 Å². The van der Waals surface area contributed by atoms with Gasteiger partial charge in [-0.1, -0.05) is 37.5 Å². The highest BCUT2D eigenvalue weighted by molar-refractivity contribution is 5.80. The van der Waals surface area contributed by atoms with Crippen LogP contribution >= 0.6 is 0 Å². The minimum Gasteiger partial charge on any atom is -0.382 e. The molecule has 1 fully saturated rings. The van der Waals surface area contributed by atoms with E-state index in [4.69, 9.17) is 0 Å². The van der Waals surface area contributed by atoms with Crippen LogP contribution in [0.15, 0.2) is 24.3 Å². The van der Waals surface area contributed by atoms with E-state index in [1.165, 1.54) is 38.2 Å². The fourth-order valence-corrected chi connectivity index (χ4v) is 2.28. The van der Waals surface area contributed by atoms with Gasteiger partial charge in [-0.25, -0.2) is 4.79 Å². The lowest BCUT2D eigenvalue weighted by Crippen LogP contribution is -2.22. The molecule has 2 heteroatoms. The lowest BCUT2D eigenvalue weighted by Gasteiger charge is -2.24. The van der Waals surface area contributed by atoms with Gasteiger partial charge in [0.15, 0.2) is 0 Å². The van der Waals surface area contributed by atoms with Gasteiger partial charge in [0.05, 0.1) is 0 Å². The third-order valence-corrected chi connectivity index (χ3v) is 3.14. The average Bonchev–Trinajstić information content (AvgIpc) is 2.33. The Kier molecular flexibility index (Phi) is 3.79. The Hall–Kier alpha value is -1.53. The molecule has 1 aliphatic carbocycles. The number of hydrogen-bond donors (Lipinski definition) is 1. The van der Waals surface area contributed by atoms with Gasteiger partial charge in [-0.15, -0.1) is 0 Å². The molecule has 0 heterocycles. The van der Waals surface area contributed by atoms with E-state index in [1.54, 1.807) is 0 Å². The molecule has 1 aromatic carbocycles. The second kappa shape index (κ2) is 5.53. The molecule has 0 spiro atoms. The molecule has 0 atom stereocenters. The average molecular weight is 215 g/mol. The maximum Gasteiger partial charge on any atom is 0.125 e. The van der Waals surface area contributed by atoms with Gasteiger partial charge < -0.3 is 5.32 Å². The predicted molar refractivity (Wildman–Crippen MR) is 67.1 cm³/mol. The summed E-state index contributed by atoms with van der Waals surface area (Å²) in [5, 5.41) is 3.52. The van der Waals surface area contributed by atoms with Crippen molar-refractivity contribution >= 4 is 17.7 Å². The van der Waals surface area contributed by atoms with Crippen LogP contribution in [0.1, 0.15) is 37.7 Å². The monoisotopic (exact) mass is 215 g/mol. The first-order valence-electron chi connectivity index (χ1n) is 5.96. The molecule has 84 valence electrons. The Labute approximate surface area is 96.4 Å².